The molecule has 0 saturated carbocycles. The third-order valence-corrected chi connectivity index (χ3v) is 5.38. The van der Waals surface area contributed by atoms with Crippen molar-refractivity contribution in [3.63, 3.8) is 0 Å². The predicted molar refractivity (Wildman–Crippen MR) is 100 cm³/mol. The number of urea groups is 1. The highest BCUT2D eigenvalue weighted by Gasteiger charge is 2.49. The lowest BCUT2D eigenvalue weighted by Gasteiger charge is -2.23. The van der Waals surface area contributed by atoms with Gasteiger partial charge in [-0.3, -0.25) is 14.5 Å². The second kappa shape index (κ2) is 7.35. The van der Waals surface area contributed by atoms with E-state index in [2.05, 4.69) is 15.5 Å². The standard InChI is InChI=1S/C19H26N4O3/c1-3-19(4-2)17(25)23(18(26)21-19)13-16(24)20-14-7-9-15(10-8-14)22-11-5-6-12-22/h7-10H,3-6,11-13H2,1-2H3,(H,20,24)(H,21,26). The van der Waals surface area contributed by atoms with Gasteiger partial charge in [-0.05, 0) is 49.9 Å². The summed E-state index contributed by atoms with van der Waals surface area (Å²) in [7, 11) is 0. The van der Waals surface area contributed by atoms with Crippen LogP contribution in [0.15, 0.2) is 24.3 Å². The molecule has 2 saturated heterocycles. The molecular formula is C19H26N4O3. The van der Waals surface area contributed by atoms with Gasteiger partial charge in [0.25, 0.3) is 5.91 Å². The minimum atomic E-state index is -0.880. The number of anilines is 2. The summed E-state index contributed by atoms with van der Waals surface area (Å²) in [6.07, 6.45) is 3.43. The smallest absolute Gasteiger partial charge is 0.325 e. The minimum absolute atomic E-state index is 0.277. The van der Waals surface area contributed by atoms with Crippen LogP contribution in [-0.2, 0) is 9.59 Å². The van der Waals surface area contributed by atoms with E-state index in [0.717, 1.165) is 23.7 Å². The molecule has 0 aromatic heterocycles. The van der Waals surface area contributed by atoms with E-state index in [4.69, 9.17) is 0 Å². The molecule has 26 heavy (non-hydrogen) atoms. The zero-order valence-electron chi connectivity index (χ0n) is 15.4. The van der Waals surface area contributed by atoms with Gasteiger partial charge in [0.1, 0.15) is 12.1 Å². The lowest BCUT2D eigenvalue weighted by Crippen LogP contribution is -2.46. The first kappa shape index (κ1) is 18.2. The largest absolute Gasteiger partial charge is 0.372 e. The van der Waals surface area contributed by atoms with Gasteiger partial charge in [0.15, 0.2) is 0 Å². The van der Waals surface area contributed by atoms with Gasteiger partial charge in [0.05, 0.1) is 0 Å². The average molecular weight is 358 g/mol. The van der Waals surface area contributed by atoms with Crippen molar-refractivity contribution >= 4 is 29.2 Å². The summed E-state index contributed by atoms with van der Waals surface area (Å²) in [5, 5.41) is 5.49. The van der Waals surface area contributed by atoms with Crippen molar-refractivity contribution in [2.24, 2.45) is 0 Å². The van der Waals surface area contributed by atoms with Crippen molar-refractivity contribution in [3.8, 4) is 0 Å². The molecule has 0 spiro atoms. The lowest BCUT2D eigenvalue weighted by molar-refractivity contribution is -0.134. The summed E-state index contributed by atoms with van der Waals surface area (Å²) >= 11 is 0. The maximum atomic E-state index is 12.5. The Morgan fingerprint density at radius 2 is 1.73 bits per heavy atom. The van der Waals surface area contributed by atoms with E-state index >= 15 is 0 Å². The summed E-state index contributed by atoms with van der Waals surface area (Å²) in [6, 6.07) is 7.15. The minimum Gasteiger partial charge on any atom is -0.372 e. The molecular weight excluding hydrogens is 332 g/mol. The zero-order valence-corrected chi connectivity index (χ0v) is 15.4. The van der Waals surface area contributed by atoms with E-state index in [9.17, 15) is 14.4 Å². The van der Waals surface area contributed by atoms with E-state index in [-0.39, 0.29) is 18.4 Å². The van der Waals surface area contributed by atoms with Gasteiger partial charge in [-0.25, -0.2) is 4.79 Å². The molecule has 7 heteroatoms. The molecule has 2 N–H and O–H groups in total. The Morgan fingerprint density at radius 3 is 2.27 bits per heavy atom. The van der Waals surface area contributed by atoms with Crippen LogP contribution in [0.5, 0.6) is 0 Å². The zero-order chi connectivity index (χ0) is 18.7. The maximum Gasteiger partial charge on any atom is 0.325 e. The van der Waals surface area contributed by atoms with Gasteiger partial charge in [-0.2, -0.15) is 0 Å². The predicted octanol–water partition coefficient (Wildman–Crippen LogP) is 2.34. The number of imide groups is 1. The molecule has 0 unspecified atom stereocenters. The molecule has 1 aromatic carbocycles. The normalized spacial score (nSPS) is 19.0. The first-order valence-electron chi connectivity index (χ1n) is 9.28. The summed E-state index contributed by atoms with van der Waals surface area (Å²) in [5.74, 6) is -0.711. The van der Waals surface area contributed by atoms with E-state index < -0.39 is 11.6 Å². The Kier molecular flexibility index (Phi) is 5.15. The van der Waals surface area contributed by atoms with E-state index in [0.29, 0.717) is 18.5 Å². The molecule has 0 bridgehead atoms. The highest BCUT2D eigenvalue weighted by atomic mass is 16.2. The highest BCUT2D eigenvalue weighted by Crippen LogP contribution is 2.25. The number of nitrogens with one attached hydrogen (secondary N) is 2. The van der Waals surface area contributed by atoms with Crippen LogP contribution in [0.2, 0.25) is 0 Å². The molecule has 140 valence electrons. The van der Waals surface area contributed by atoms with Gasteiger partial charge in [0, 0.05) is 24.5 Å². The number of carbonyl (C=O) groups excluding carboxylic acids is 3. The summed E-state index contributed by atoms with van der Waals surface area (Å²) in [5.41, 5.74) is 0.918. The number of hydrogen-bond donors (Lipinski definition) is 2. The van der Waals surface area contributed by atoms with Crippen molar-refractivity contribution in [1.29, 1.82) is 0 Å². The van der Waals surface area contributed by atoms with Crippen LogP contribution in [0, 0.1) is 0 Å². The van der Waals surface area contributed by atoms with Gasteiger partial charge in [0.2, 0.25) is 5.91 Å². The molecule has 3 rings (SSSR count). The maximum absolute atomic E-state index is 12.5. The third-order valence-electron chi connectivity index (χ3n) is 5.38. The fraction of sp³-hybridized carbons (Fsp3) is 0.526. The topological polar surface area (TPSA) is 81.8 Å². The molecule has 2 heterocycles. The first-order valence-corrected chi connectivity index (χ1v) is 9.28. The Labute approximate surface area is 153 Å². The van der Waals surface area contributed by atoms with Crippen LogP contribution in [0.25, 0.3) is 0 Å². The third kappa shape index (κ3) is 3.38. The molecule has 0 aliphatic carbocycles. The summed E-state index contributed by atoms with van der Waals surface area (Å²) in [4.78, 5) is 40.3. The fourth-order valence-corrected chi connectivity index (χ4v) is 3.62. The van der Waals surface area contributed by atoms with E-state index in [1.54, 1.807) is 0 Å². The average Bonchev–Trinajstić information content (AvgIpc) is 3.25. The van der Waals surface area contributed by atoms with Crippen molar-refractivity contribution in [3.05, 3.63) is 24.3 Å². The molecule has 1 aromatic rings. The van der Waals surface area contributed by atoms with Crippen LogP contribution in [-0.4, -0.2) is 47.9 Å². The second-order valence-electron chi connectivity index (χ2n) is 6.90. The number of benzene rings is 1. The van der Waals surface area contributed by atoms with Crippen LogP contribution in [0.4, 0.5) is 16.2 Å². The van der Waals surface area contributed by atoms with Crippen molar-refractivity contribution in [2.45, 2.75) is 45.1 Å². The molecule has 2 aliphatic heterocycles. The van der Waals surface area contributed by atoms with Crippen LogP contribution < -0.4 is 15.5 Å². The van der Waals surface area contributed by atoms with Crippen LogP contribution >= 0.6 is 0 Å². The van der Waals surface area contributed by atoms with E-state index in [1.807, 2.05) is 38.1 Å². The summed E-state index contributed by atoms with van der Waals surface area (Å²) < 4.78 is 0. The number of rotatable bonds is 6. The monoisotopic (exact) mass is 358 g/mol. The number of carbonyl (C=O) groups is 3. The molecule has 0 atom stereocenters. The Bertz CT molecular complexity index is 691. The van der Waals surface area contributed by atoms with Crippen LogP contribution in [0.3, 0.4) is 0 Å². The van der Waals surface area contributed by atoms with Gasteiger partial charge >= 0.3 is 6.03 Å². The molecule has 7 nitrogen and oxygen atoms in total. The SMILES string of the molecule is CCC1(CC)NC(=O)N(CC(=O)Nc2ccc(N3CCCC3)cc2)C1=O. The Hall–Kier alpha value is -2.57. The highest BCUT2D eigenvalue weighted by molar-refractivity contribution is 6.10. The first-order chi connectivity index (χ1) is 12.5. The Balaban J connectivity index is 1.60. The van der Waals surface area contributed by atoms with Gasteiger partial charge in [-0.1, -0.05) is 13.8 Å². The fourth-order valence-electron chi connectivity index (χ4n) is 3.62. The molecule has 2 aliphatic rings. The lowest BCUT2D eigenvalue weighted by atomic mass is 9.93. The van der Waals surface area contributed by atoms with Crippen LogP contribution in [0.1, 0.15) is 39.5 Å². The molecule has 2 fully saturated rings. The van der Waals surface area contributed by atoms with Gasteiger partial charge in [-0.15, -0.1) is 0 Å². The number of nitrogens with zero attached hydrogens (tertiary/aromatic N) is 2. The molecule has 0 radical (unpaired) electrons. The van der Waals surface area contributed by atoms with Crippen molar-refractivity contribution < 1.29 is 14.4 Å². The van der Waals surface area contributed by atoms with Gasteiger partial charge < -0.3 is 15.5 Å². The van der Waals surface area contributed by atoms with Crippen molar-refractivity contribution in [2.75, 3.05) is 29.9 Å². The molecule has 4 amide bonds. The van der Waals surface area contributed by atoms with Crippen molar-refractivity contribution in [1.82, 2.24) is 10.2 Å². The summed E-state index contributed by atoms with van der Waals surface area (Å²) in [6.45, 7) is 5.56. The second-order valence-corrected chi connectivity index (χ2v) is 6.90. The quantitative estimate of drug-likeness (QED) is 0.765. The Morgan fingerprint density at radius 1 is 1.12 bits per heavy atom. The number of hydrogen-bond acceptors (Lipinski definition) is 4. The van der Waals surface area contributed by atoms with E-state index in [1.165, 1.54) is 12.8 Å². The number of amides is 4.